The Labute approximate surface area is 304 Å². The van der Waals surface area contributed by atoms with Crippen molar-refractivity contribution in [1.29, 1.82) is 0 Å². The summed E-state index contributed by atoms with van der Waals surface area (Å²) in [5.41, 5.74) is 7.89. The van der Waals surface area contributed by atoms with E-state index in [0.717, 1.165) is 91.7 Å². The number of benzene rings is 7. The summed E-state index contributed by atoms with van der Waals surface area (Å²) in [5, 5.41) is 6.86. The molecular weight excluding hydrogens is 674 g/mol. The molecule has 0 N–H and O–H groups in total. The van der Waals surface area contributed by atoms with Crippen LogP contribution in [0.3, 0.4) is 0 Å². The van der Waals surface area contributed by atoms with E-state index in [1.54, 1.807) is 11.3 Å². The average Bonchev–Trinajstić information content (AvgIpc) is 3.81. The van der Waals surface area contributed by atoms with Gasteiger partial charge >= 0.3 is 0 Å². The number of hydrogen-bond acceptors (Lipinski definition) is 4. The third-order valence-corrected chi connectivity index (χ3v) is 14.3. The summed E-state index contributed by atoms with van der Waals surface area (Å²) in [4.78, 5) is 6.39. The van der Waals surface area contributed by atoms with Crippen LogP contribution in [-0.4, -0.2) is 4.98 Å². The third-order valence-electron chi connectivity index (χ3n) is 9.98. The molecule has 0 saturated heterocycles. The maximum atomic E-state index is 15.3. The minimum absolute atomic E-state index is 0.799. The molecule has 0 bridgehead atoms. The first-order valence-electron chi connectivity index (χ1n) is 17.3. The molecule has 7 aromatic carbocycles. The van der Waals surface area contributed by atoms with Gasteiger partial charge < -0.3 is 8.98 Å². The molecule has 3 aromatic heterocycles. The fraction of sp³-hybridized carbons (Fsp3) is 0. The van der Waals surface area contributed by atoms with Crippen molar-refractivity contribution >= 4 is 77.3 Å². The van der Waals surface area contributed by atoms with Crippen molar-refractivity contribution in [3.05, 3.63) is 182 Å². The molecule has 246 valence electrons. The van der Waals surface area contributed by atoms with Gasteiger partial charge in [0, 0.05) is 59.0 Å². The van der Waals surface area contributed by atoms with Crippen molar-refractivity contribution < 1.29 is 8.98 Å². The minimum Gasteiger partial charge on any atom is -0.455 e. The molecule has 0 aliphatic rings. The van der Waals surface area contributed by atoms with Crippen molar-refractivity contribution in [3.63, 3.8) is 0 Å². The first kappa shape index (κ1) is 30.7. The molecule has 0 aliphatic carbocycles. The van der Waals surface area contributed by atoms with E-state index in [1.807, 2.05) is 78.9 Å². The van der Waals surface area contributed by atoms with Crippen LogP contribution in [0.5, 0.6) is 0 Å². The Bertz CT molecular complexity index is 2930. The first-order valence-corrected chi connectivity index (χ1v) is 19.8. The Morgan fingerprint density at radius 3 is 1.79 bits per heavy atom. The molecule has 10 aromatic rings. The molecule has 0 amide bonds. The lowest BCUT2D eigenvalue weighted by molar-refractivity contribution is 0.592. The molecule has 3 nitrogen and oxygen atoms in total. The standard InChI is InChI=1S/C47H30NO2PS/c49-51(33-17-6-2-7-18-33,34-19-8-3-9-20-34)35-29-27-32(28-30-35)46-43(39-24-14-23-37-36-21-11-13-26-41(36)50-45(37)39)42-38-22-10-12-25-40(38)48-44(47(42)52-46)31-15-4-1-5-16-31/h1-30H. The second-order valence-corrected chi connectivity index (χ2v) is 16.7. The highest BCUT2D eigenvalue weighted by Crippen LogP contribution is 2.52. The summed E-state index contributed by atoms with van der Waals surface area (Å²) in [5.74, 6) is 0. The van der Waals surface area contributed by atoms with Crippen LogP contribution in [0.4, 0.5) is 0 Å². The van der Waals surface area contributed by atoms with Gasteiger partial charge in [-0.15, -0.1) is 11.3 Å². The number of fused-ring (bicyclic) bond motifs is 6. The maximum Gasteiger partial charge on any atom is 0.171 e. The lowest BCUT2D eigenvalue weighted by atomic mass is 9.94. The van der Waals surface area contributed by atoms with Crippen LogP contribution in [0, 0.1) is 0 Å². The number of para-hydroxylation sites is 3. The van der Waals surface area contributed by atoms with Crippen LogP contribution in [-0.2, 0) is 4.57 Å². The van der Waals surface area contributed by atoms with Gasteiger partial charge in [0.15, 0.2) is 7.14 Å². The number of hydrogen-bond donors (Lipinski definition) is 0. The third kappa shape index (κ3) is 4.80. The van der Waals surface area contributed by atoms with Crippen LogP contribution in [0.15, 0.2) is 186 Å². The zero-order valence-electron chi connectivity index (χ0n) is 27.9. The van der Waals surface area contributed by atoms with Crippen molar-refractivity contribution in [1.82, 2.24) is 4.98 Å². The fourth-order valence-electron chi connectivity index (χ4n) is 7.55. The fourth-order valence-corrected chi connectivity index (χ4v) is 11.5. The molecular formula is C47H30NO2PS. The van der Waals surface area contributed by atoms with E-state index in [-0.39, 0.29) is 0 Å². The van der Waals surface area contributed by atoms with Crippen LogP contribution in [0.2, 0.25) is 0 Å². The number of thiophene rings is 1. The minimum atomic E-state index is -3.14. The van der Waals surface area contributed by atoms with Gasteiger partial charge in [0.05, 0.1) is 15.9 Å². The van der Waals surface area contributed by atoms with E-state index in [4.69, 9.17) is 9.40 Å². The van der Waals surface area contributed by atoms with Crippen LogP contribution in [0.25, 0.3) is 75.8 Å². The number of nitrogens with zero attached hydrogens (tertiary/aromatic N) is 1. The number of furan rings is 1. The second kappa shape index (κ2) is 12.3. The van der Waals surface area contributed by atoms with E-state index in [9.17, 15) is 0 Å². The summed E-state index contributed by atoms with van der Waals surface area (Å²) in [7, 11) is -3.14. The van der Waals surface area contributed by atoms with Gasteiger partial charge in [-0.05, 0) is 17.7 Å². The molecule has 0 saturated carbocycles. The average molecular weight is 704 g/mol. The lowest BCUT2D eigenvalue weighted by Gasteiger charge is -2.20. The summed E-state index contributed by atoms with van der Waals surface area (Å²) < 4.78 is 23.1. The highest BCUT2D eigenvalue weighted by atomic mass is 32.1. The van der Waals surface area contributed by atoms with Gasteiger partial charge in [-0.25, -0.2) is 4.98 Å². The normalized spacial score (nSPS) is 11.9. The Kier molecular flexibility index (Phi) is 7.28. The maximum absolute atomic E-state index is 15.3. The zero-order chi connectivity index (χ0) is 34.6. The number of pyridine rings is 1. The van der Waals surface area contributed by atoms with Crippen LogP contribution < -0.4 is 15.9 Å². The number of aromatic nitrogens is 1. The predicted molar refractivity (Wildman–Crippen MR) is 220 cm³/mol. The molecule has 0 spiro atoms. The van der Waals surface area contributed by atoms with Crippen molar-refractivity contribution in [2.45, 2.75) is 0 Å². The van der Waals surface area contributed by atoms with Crippen molar-refractivity contribution in [2.24, 2.45) is 0 Å². The quantitative estimate of drug-likeness (QED) is 0.162. The highest BCUT2D eigenvalue weighted by Gasteiger charge is 2.30. The van der Waals surface area contributed by atoms with Gasteiger partial charge in [0.25, 0.3) is 0 Å². The van der Waals surface area contributed by atoms with E-state index < -0.39 is 7.14 Å². The van der Waals surface area contributed by atoms with Gasteiger partial charge in [0.2, 0.25) is 0 Å². The zero-order valence-corrected chi connectivity index (χ0v) is 29.7. The van der Waals surface area contributed by atoms with E-state index >= 15 is 4.57 Å². The summed E-state index contributed by atoms with van der Waals surface area (Å²) in [6.45, 7) is 0. The largest absolute Gasteiger partial charge is 0.455 e. The lowest BCUT2D eigenvalue weighted by Crippen LogP contribution is -2.24. The van der Waals surface area contributed by atoms with E-state index in [2.05, 4.69) is 103 Å². The molecule has 3 heterocycles. The van der Waals surface area contributed by atoms with E-state index in [1.165, 1.54) is 0 Å². The Morgan fingerprint density at radius 2 is 1.08 bits per heavy atom. The van der Waals surface area contributed by atoms with Gasteiger partial charge in [-0.3, -0.25) is 0 Å². The molecule has 0 unspecified atom stereocenters. The molecule has 0 aliphatic heterocycles. The smallest absolute Gasteiger partial charge is 0.171 e. The van der Waals surface area contributed by atoms with E-state index in [0.29, 0.717) is 0 Å². The van der Waals surface area contributed by atoms with Gasteiger partial charge in [-0.2, -0.15) is 0 Å². The second-order valence-electron chi connectivity index (χ2n) is 13.0. The molecule has 0 fully saturated rings. The van der Waals surface area contributed by atoms with Crippen molar-refractivity contribution in [3.8, 4) is 32.8 Å². The van der Waals surface area contributed by atoms with Crippen molar-refractivity contribution in [2.75, 3.05) is 0 Å². The summed E-state index contributed by atoms with van der Waals surface area (Å²) in [6.07, 6.45) is 0. The predicted octanol–water partition coefficient (Wildman–Crippen LogP) is 12.0. The first-order chi connectivity index (χ1) is 25.7. The highest BCUT2D eigenvalue weighted by molar-refractivity contribution is 7.85. The molecule has 0 radical (unpaired) electrons. The van der Waals surface area contributed by atoms with Crippen LogP contribution >= 0.6 is 18.5 Å². The summed E-state index contributed by atoms with van der Waals surface area (Å²) in [6, 6.07) is 61.6. The Balaban J connectivity index is 1.28. The molecule has 52 heavy (non-hydrogen) atoms. The molecule has 10 rings (SSSR count). The molecule has 5 heteroatoms. The molecule has 0 atom stereocenters. The topological polar surface area (TPSA) is 43.1 Å². The monoisotopic (exact) mass is 703 g/mol. The summed E-state index contributed by atoms with van der Waals surface area (Å²) >= 11 is 1.76. The van der Waals surface area contributed by atoms with Gasteiger partial charge in [-0.1, -0.05) is 170 Å². The van der Waals surface area contributed by atoms with Gasteiger partial charge in [0.1, 0.15) is 11.2 Å². The number of rotatable bonds is 6. The Hall–Kier alpha value is -6.06. The Morgan fingerprint density at radius 1 is 0.500 bits per heavy atom. The SMILES string of the molecule is O=P(c1ccccc1)(c1ccccc1)c1ccc(-c2sc3c(-c4ccccc4)nc4ccccc4c3c2-c2cccc3c2oc2ccccc23)cc1. The van der Waals surface area contributed by atoms with Crippen LogP contribution in [0.1, 0.15) is 0 Å².